The average molecular weight is 1310 g/mol. The van der Waals surface area contributed by atoms with E-state index in [4.69, 9.17) is 37.9 Å². The molecule has 0 aliphatic heterocycles. The summed E-state index contributed by atoms with van der Waals surface area (Å²) in [5.41, 5.74) is 0. The lowest BCUT2D eigenvalue weighted by molar-refractivity contribution is -0.299. The highest BCUT2D eigenvalue weighted by Gasteiger charge is 2.63. The predicted molar refractivity (Wildman–Crippen MR) is 231 cm³/mol. The van der Waals surface area contributed by atoms with Crippen molar-refractivity contribution >= 4 is 62.6 Å². The van der Waals surface area contributed by atoms with Gasteiger partial charge in [-0.05, 0) is 0 Å². The Bertz CT molecular complexity index is 2180. The standard InChI is InChI=1S/C26H56F2O41P8/c1-53-3-5-55-7-9-57-14-18(62-70(29,30)31)15(21(65-73(38,39)40)24(68-76(47,48)49)20(14)64-72(35,36)37)59-11-12-61-26(27,28)13-60-17-19(63-71(32,33)34)16(58-10-8-56-6-4-54-2)22(66-74(41,42)43)25(69-77(50,51)52)23(17)67-75(44,45)46/h14-25H,3-13H2,1-2H3,(H2,29,30,31)(H2,32,33,34)(H2,35,36,37)(H2,38,39,40)(H2,41,42,43)(H2,44,45,46)(H2,47,48,49)(H2,50,51,52)/t14-,15+,16+,17-,18-,19+,20+,21-,22-,23+,24+,25+/m0/s1. The van der Waals surface area contributed by atoms with Crippen molar-refractivity contribution in [1.29, 1.82) is 0 Å². The second-order valence-electron chi connectivity index (χ2n) is 15.0. The van der Waals surface area contributed by atoms with E-state index in [0.717, 1.165) is 0 Å². The van der Waals surface area contributed by atoms with Crippen LogP contribution in [0.3, 0.4) is 0 Å². The zero-order valence-corrected chi connectivity index (χ0v) is 46.1. The lowest BCUT2D eigenvalue weighted by atomic mass is 9.84. The Labute approximate surface area is 430 Å². The molecular formula is C26H56F2O41P8. The van der Waals surface area contributed by atoms with Gasteiger partial charge in [0.15, 0.2) is 0 Å². The summed E-state index contributed by atoms with van der Waals surface area (Å²) >= 11 is 0. The molecule has 51 heteroatoms. The molecule has 2 rings (SSSR count). The molecule has 0 heterocycles. The van der Waals surface area contributed by atoms with E-state index in [2.05, 4.69) is 40.9 Å². The third-order valence-electron chi connectivity index (χ3n) is 9.05. The topological polar surface area (TPSA) is 617 Å². The van der Waals surface area contributed by atoms with Gasteiger partial charge in [-0.2, -0.15) is 8.78 Å². The molecule has 0 aromatic heterocycles. The molecule has 0 saturated heterocycles. The monoisotopic (exact) mass is 1310 g/mol. The fraction of sp³-hybridized carbons (Fsp3) is 1.00. The second-order valence-corrected chi connectivity index (χ2v) is 24.5. The minimum Gasteiger partial charge on any atom is -0.382 e. The Hall–Kier alpha value is 0.380. The highest BCUT2D eigenvalue weighted by molar-refractivity contribution is 7.48. The molecule has 0 aromatic carbocycles. The van der Waals surface area contributed by atoms with Gasteiger partial charge in [-0.1, -0.05) is 0 Å². The molecule has 41 nitrogen and oxygen atoms in total. The van der Waals surface area contributed by atoms with Gasteiger partial charge in [0.25, 0.3) is 0 Å². The van der Waals surface area contributed by atoms with E-state index >= 15 is 8.78 Å². The van der Waals surface area contributed by atoms with Crippen molar-refractivity contribution in [3.63, 3.8) is 0 Å². The lowest BCUT2D eigenvalue weighted by Crippen LogP contribution is -2.67. The smallest absolute Gasteiger partial charge is 0.382 e. The molecule has 2 aliphatic rings. The van der Waals surface area contributed by atoms with Crippen molar-refractivity contribution in [2.45, 2.75) is 79.4 Å². The van der Waals surface area contributed by atoms with E-state index in [9.17, 15) is 115 Å². The summed E-state index contributed by atoms with van der Waals surface area (Å²) in [5, 5.41) is 0. The van der Waals surface area contributed by atoms with Crippen molar-refractivity contribution < 1.29 is 202 Å². The third-order valence-corrected chi connectivity index (χ3v) is 13.2. The van der Waals surface area contributed by atoms with Crippen molar-refractivity contribution in [1.82, 2.24) is 0 Å². The Balaban J connectivity index is 2.72. The van der Waals surface area contributed by atoms with E-state index in [1.165, 1.54) is 14.2 Å². The van der Waals surface area contributed by atoms with Crippen LogP contribution >= 0.6 is 62.6 Å². The molecule has 16 N–H and O–H groups in total. The number of halogens is 2. The minimum atomic E-state index is -6.23. The van der Waals surface area contributed by atoms with Gasteiger partial charge in [0.05, 0.1) is 66.1 Å². The summed E-state index contributed by atoms with van der Waals surface area (Å²) in [6.45, 7) is -8.96. The molecule has 2 fully saturated rings. The van der Waals surface area contributed by atoms with E-state index in [0.29, 0.717) is 0 Å². The first kappa shape index (κ1) is 73.5. The van der Waals surface area contributed by atoms with Crippen LogP contribution in [0, 0.1) is 0 Å². The number of rotatable bonds is 38. The number of methoxy groups -OCH3 is 2. The summed E-state index contributed by atoms with van der Waals surface area (Å²) in [6.07, 6.45) is -39.9. The van der Waals surface area contributed by atoms with E-state index in [1.54, 1.807) is 0 Å². The molecular weight excluding hydrogens is 1250 g/mol. The summed E-state index contributed by atoms with van der Waals surface area (Å²) in [7, 11) is -46.5. The summed E-state index contributed by atoms with van der Waals surface area (Å²) < 4.78 is 211. The van der Waals surface area contributed by atoms with Crippen LogP contribution < -0.4 is 0 Å². The van der Waals surface area contributed by atoms with Crippen LogP contribution in [0.25, 0.3) is 0 Å². The van der Waals surface area contributed by atoms with Crippen LogP contribution in [0.4, 0.5) is 8.78 Å². The summed E-state index contributed by atoms with van der Waals surface area (Å²) in [5.74, 6) is 0. The maximum atomic E-state index is 15.7. The van der Waals surface area contributed by atoms with E-state index in [-0.39, 0.29) is 26.4 Å². The minimum absolute atomic E-state index is 0.0495. The molecule has 0 spiro atoms. The van der Waals surface area contributed by atoms with Gasteiger partial charge in [-0.15, -0.1) is 0 Å². The summed E-state index contributed by atoms with van der Waals surface area (Å²) in [6, 6.07) is 0. The Morgan fingerprint density at radius 1 is 0.299 bits per heavy atom. The fourth-order valence-electron chi connectivity index (χ4n) is 6.82. The largest absolute Gasteiger partial charge is 0.470 e. The number of ether oxygens (including phenoxy) is 9. The van der Waals surface area contributed by atoms with Gasteiger partial charge >= 0.3 is 68.7 Å². The maximum absolute atomic E-state index is 15.7. The van der Waals surface area contributed by atoms with Crippen LogP contribution in [-0.4, -0.2) is 245 Å². The molecule has 0 radical (unpaired) electrons. The van der Waals surface area contributed by atoms with Gasteiger partial charge in [0.2, 0.25) is 0 Å². The summed E-state index contributed by atoms with van der Waals surface area (Å²) in [4.78, 5) is 156. The van der Waals surface area contributed by atoms with Crippen LogP contribution in [-0.2, 0) is 115 Å². The lowest BCUT2D eigenvalue weighted by Gasteiger charge is -2.48. The van der Waals surface area contributed by atoms with Gasteiger partial charge in [0, 0.05) is 14.2 Å². The SMILES string of the molecule is COCCOCCO[C@@H]1[C@@H](OP(=O)(O)O)[C@H](OCC(F)(F)OCCO[C@@H]2[C@@H](OP(=O)(O)O)[C@H](OCCOCCOC)[C@@H](OP(=O)(O)O)[C@@H](OP(=O)(O)O)[C@H]2OP(=O)(O)O)[C@@H](OP(=O)(O)O)[C@H](OP(=O)(O)O)[C@H]1OP(=O)(O)O. The third kappa shape index (κ3) is 30.2. The fourth-order valence-corrected chi connectivity index (χ4v) is 11.3. The number of alkyl halides is 2. The van der Waals surface area contributed by atoms with Crippen LogP contribution in [0.2, 0.25) is 0 Å². The molecule has 0 aromatic rings. The van der Waals surface area contributed by atoms with Crippen LogP contribution in [0.5, 0.6) is 0 Å². The van der Waals surface area contributed by atoms with Gasteiger partial charge in [-0.25, -0.2) is 36.5 Å². The molecule has 0 amide bonds. The molecule has 0 unspecified atom stereocenters. The van der Waals surface area contributed by atoms with E-state index < -0.39 is 188 Å². The normalized spacial score (nSPS) is 27.8. The molecule has 2 aliphatic carbocycles. The van der Waals surface area contributed by atoms with Crippen molar-refractivity contribution in [3.8, 4) is 0 Å². The first-order valence-electron chi connectivity index (χ1n) is 20.4. The Kier molecular flexibility index (Phi) is 29.6. The predicted octanol–water partition coefficient (Wildman–Crippen LogP) is -3.69. The quantitative estimate of drug-likeness (QED) is 0.0209. The second kappa shape index (κ2) is 31.0. The molecule has 2 saturated carbocycles. The number of hydrogen-bond donors (Lipinski definition) is 16. The van der Waals surface area contributed by atoms with Crippen LogP contribution in [0.1, 0.15) is 0 Å². The highest BCUT2D eigenvalue weighted by atomic mass is 31.2. The molecule has 0 bridgehead atoms. The van der Waals surface area contributed by atoms with Gasteiger partial charge in [-0.3, -0.25) is 36.2 Å². The first-order chi connectivity index (χ1) is 34.8. The molecule has 460 valence electrons. The maximum Gasteiger partial charge on any atom is 0.470 e. The first-order valence-corrected chi connectivity index (χ1v) is 32.6. The van der Waals surface area contributed by atoms with Crippen molar-refractivity contribution in [3.05, 3.63) is 0 Å². The van der Waals surface area contributed by atoms with Gasteiger partial charge < -0.3 is 121 Å². The van der Waals surface area contributed by atoms with Crippen molar-refractivity contribution in [2.75, 3.05) is 86.9 Å². The number of phosphoric ester groups is 8. The average Bonchev–Trinajstić information content (AvgIpc) is 3.20. The molecule has 12 atom stereocenters. The van der Waals surface area contributed by atoms with Gasteiger partial charge in [0.1, 0.15) is 79.9 Å². The zero-order chi connectivity index (χ0) is 59.2. The zero-order valence-electron chi connectivity index (χ0n) is 38.9. The van der Waals surface area contributed by atoms with E-state index in [1.807, 2.05) is 0 Å². The van der Waals surface area contributed by atoms with Crippen LogP contribution in [0.15, 0.2) is 0 Å². The highest BCUT2D eigenvalue weighted by Crippen LogP contribution is 2.56. The molecule has 77 heavy (non-hydrogen) atoms. The Morgan fingerprint density at radius 3 is 0.727 bits per heavy atom. The van der Waals surface area contributed by atoms with Crippen molar-refractivity contribution in [2.24, 2.45) is 0 Å². The number of phosphoric acid groups is 8. The number of hydrogen-bond acceptors (Lipinski definition) is 25. The Morgan fingerprint density at radius 2 is 0.494 bits per heavy atom.